The van der Waals surface area contributed by atoms with Crippen LogP contribution in [0.1, 0.15) is 11.1 Å². The zero-order chi connectivity index (χ0) is 8.97. The zero-order valence-electron chi connectivity index (χ0n) is 6.25. The molecular formula is C9H6ClNO. The van der Waals surface area contributed by atoms with Crippen LogP contribution in [-0.4, -0.2) is 5.24 Å². The highest BCUT2D eigenvalue weighted by Crippen LogP contribution is 2.05. The van der Waals surface area contributed by atoms with E-state index in [1.54, 1.807) is 24.3 Å². The number of hydrogen-bond donors (Lipinski definition) is 0. The molecule has 0 saturated heterocycles. The third kappa shape index (κ3) is 2.37. The maximum absolute atomic E-state index is 10.5. The highest BCUT2D eigenvalue weighted by Gasteiger charge is 1.98. The quantitative estimate of drug-likeness (QED) is 0.651. The van der Waals surface area contributed by atoms with Crippen molar-refractivity contribution in [3.05, 3.63) is 35.4 Å². The topological polar surface area (TPSA) is 40.9 Å². The summed E-state index contributed by atoms with van der Waals surface area (Å²) < 4.78 is 0. The van der Waals surface area contributed by atoms with E-state index in [-0.39, 0.29) is 11.7 Å². The van der Waals surface area contributed by atoms with Gasteiger partial charge < -0.3 is 0 Å². The maximum Gasteiger partial charge on any atom is 0.226 e. The molecule has 1 aromatic rings. The fourth-order valence-corrected chi connectivity index (χ4v) is 1.01. The van der Waals surface area contributed by atoms with Gasteiger partial charge in [-0.3, -0.25) is 4.79 Å². The third-order valence-electron chi connectivity index (χ3n) is 1.43. The molecule has 0 radical (unpaired) electrons. The van der Waals surface area contributed by atoms with E-state index in [0.29, 0.717) is 5.56 Å². The Balaban J connectivity index is 2.80. The Morgan fingerprint density at radius 3 is 2.42 bits per heavy atom. The van der Waals surface area contributed by atoms with Crippen LogP contribution in [0.25, 0.3) is 0 Å². The SMILES string of the molecule is N#Cc1ccc(CC(=O)Cl)cc1. The Morgan fingerprint density at radius 1 is 1.42 bits per heavy atom. The first-order valence-electron chi connectivity index (χ1n) is 3.40. The number of halogens is 1. The van der Waals surface area contributed by atoms with Crippen LogP contribution < -0.4 is 0 Å². The van der Waals surface area contributed by atoms with E-state index in [1.807, 2.05) is 6.07 Å². The summed E-state index contributed by atoms with van der Waals surface area (Å²) in [5.74, 6) is 0. The maximum atomic E-state index is 10.5. The normalized spacial score (nSPS) is 9.00. The molecular weight excluding hydrogens is 174 g/mol. The van der Waals surface area contributed by atoms with Crippen LogP contribution in [0.2, 0.25) is 0 Å². The predicted octanol–water partition coefficient (Wildman–Crippen LogP) is 1.87. The summed E-state index contributed by atoms with van der Waals surface area (Å²) in [6.45, 7) is 0. The summed E-state index contributed by atoms with van der Waals surface area (Å²) in [6, 6.07) is 8.76. The van der Waals surface area contributed by atoms with Gasteiger partial charge in [0.25, 0.3) is 0 Å². The molecule has 12 heavy (non-hydrogen) atoms. The van der Waals surface area contributed by atoms with Gasteiger partial charge in [-0.25, -0.2) is 0 Å². The van der Waals surface area contributed by atoms with Gasteiger partial charge in [0.05, 0.1) is 11.6 Å². The molecule has 1 rings (SSSR count). The fourth-order valence-electron chi connectivity index (χ4n) is 0.858. The van der Waals surface area contributed by atoms with Crippen molar-refractivity contribution < 1.29 is 4.79 Å². The van der Waals surface area contributed by atoms with Crippen molar-refractivity contribution >= 4 is 16.8 Å². The number of carbonyl (C=O) groups is 1. The third-order valence-corrected chi connectivity index (χ3v) is 1.56. The first kappa shape index (κ1) is 8.76. The largest absolute Gasteiger partial charge is 0.281 e. The second-order valence-electron chi connectivity index (χ2n) is 2.34. The van der Waals surface area contributed by atoms with Gasteiger partial charge >= 0.3 is 0 Å². The van der Waals surface area contributed by atoms with E-state index in [2.05, 4.69) is 0 Å². The van der Waals surface area contributed by atoms with Crippen molar-refractivity contribution in [1.29, 1.82) is 5.26 Å². The monoisotopic (exact) mass is 179 g/mol. The lowest BCUT2D eigenvalue weighted by atomic mass is 10.1. The lowest BCUT2D eigenvalue weighted by molar-refractivity contribution is -0.111. The molecule has 60 valence electrons. The Kier molecular flexibility index (Phi) is 2.84. The molecule has 0 atom stereocenters. The summed E-state index contributed by atoms with van der Waals surface area (Å²) in [7, 11) is 0. The number of hydrogen-bond acceptors (Lipinski definition) is 2. The number of benzene rings is 1. The van der Waals surface area contributed by atoms with Gasteiger partial charge in [0.15, 0.2) is 0 Å². The van der Waals surface area contributed by atoms with E-state index < -0.39 is 0 Å². The van der Waals surface area contributed by atoms with E-state index in [4.69, 9.17) is 16.9 Å². The number of rotatable bonds is 2. The van der Waals surface area contributed by atoms with E-state index in [9.17, 15) is 4.79 Å². The van der Waals surface area contributed by atoms with Gasteiger partial charge in [0.1, 0.15) is 0 Å². The molecule has 0 heterocycles. The molecule has 0 aliphatic rings. The number of nitriles is 1. The lowest BCUT2D eigenvalue weighted by Gasteiger charge is -1.94. The average molecular weight is 180 g/mol. The molecule has 1 aromatic carbocycles. The Bertz CT molecular complexity index is 323. The van der Waals surface area contributed by atoms with Gasteiger partial charge in [-0.05, 0) is 29.3 Å². The van der Waals surface area contributed by atoms with E-state index >= 15 is 0 Å². The van der Waals surface area contributed by atoms with Crippen LogP contribution in [0.3, 0.4) is 0 Å². The molecule has 0 aliphatic carbocycles. The number of nitrogens with zero attached hydrogens (tertiary/aromatic N) is 1. The highest BCUT2D eigenvalue weighted by molar-refractivity contribution is 6.63. The minimum absolute atomic E-state index is 0.216. The molecule has 0 saturated carbocycles. The van der Waals surface area contributed by atoms with Crippen LogP contribution in [0.15, 0.2) is 24.3 Å². The molecule has 0 N–H and O–H groups in total. The minimum Gasteiger partial charge on any atom is -0.281 e. The second-order valence-corrected chi connectivity index (χ2v) is 2.76. The van der Waals surface area contributed by atoms with Crippen molar-refractivity contribution in [2.45, 2.75) is 6.42 Å². The molecule has 0 aromatic heterocycles. The van der Waals surface area contributed by atoms with E-state index in [1.165, 1.54) is 0 Å². The summed E-state index contributed by atoms with van der Waals surface area (Å²) in [5.41, 5.74) is 1.41. The van der Waals surface area contributed by atoms with Crippen molar-refractivity contribution in [3.8, 4) is 6.07 Å². The van der Waals surface area contributed by atoms with Crippen LogP contribution >= 0.6 is 11.6 Å². The Labute approximate surface area is 75.4 Å². The molecule has 2 nitrogen and oxygen atoms in total. The molecule has 0 fully saturated rings. The predicted molar refractivity (Wildman–Crippen MR) is 45.7 cm³/mol. The lowest BCUT2D eigenvalue weighted by Crippen LogP contribution is -1.92. The van der Waals surface area contributed by atoms with E-state index in [0.717, 1.165) is 5.56 Å². The van der Waals surface area contributed by atoms with Gasteiger partial charge in [-0.2, -0.15) is 5.26 Å². The van der Waals surface area contributed by atoms with Crippen LogP contribution in [0.4, 0.5) is 0 Å². The molecule has 0 bridgehead atoms. The summed E-state index contributed by atoms with van der Waals surface area (Å²) in [4.78, 5) is 10.5. The zero-order valence-corrected chi connectivity index (χ0v) is 7.01. The van der Waals surface area contributed by atoms with Crippen molar-refractivity contribution in [2.24, 2.45) is 0 Å². The molecule has 0 aliphatic heterocycles. The first-order chi connectivity index (χ1) is 5.72. The molecule has 0 unspecified atom stereocenters. The molecule has 0 amide bonds. The average Bonchev–Trinajstić information content (AvgIpc) is 2.05. The first-order valence-corrected chi connectivity index (χ1v) is 3.77. The van der Waals surface area contributed by atoms with Crippen molar-refractivity contribution in [3.63, 3.8) is 0 Å². The van der Waals surface area contributed by atoms with Gasteiger partial charge in [0.2, 0.25) is 5.24 Å². The van der Waals surface area contributed by atoms with Crippen LogP contribution in [-0.2, 0) is 11.2 Å². The standard InChI is InChI=1S/C9H6ClNO/c10-9(12)5-7-1-3-8(6-11)4-2-7/h1-4H,5H2. The van der Waals surface area contributed by atoms with Gasteiger partial charge in [0, 0.05) is 6.42 Å². The van der Waals surface area contributed by atoms with Gasteiger partial charge in [-0.1, -0.05) is 12.1 Å². The molecule has 0 spiro atoms. The fraction of sp³-hybridized carbons (Fsp3) is 0.111. The Morgan fingerprint density at radius 2 is 2.00 bits per heavy atom. The van der Waals surface area contributed by atoms with Crippen LogP contribution in [0, 0.1) is 11.3 Å². The smallest absolute Gasteiger partial charge is 0.226 e. The van der Waals surface area contributed by atoms with Crippen LogP contribution in [0.5, 0.6) is 0 Å². The second kappa shape index (κ2) is 3.89. The highest BCUT2D eigenvalue weighted by atomic mass is 35.5. The molecule has 3 heteroatoms. The summed E-state index contributed by atoms with van der Waals surface area (Å²) >= 11 is 5.18. The number of carbonyl (C=O) groups excluding carboxylic acids is 1. The summed E-state index contributed by atoms with van der Waals surface area (Å²) in [6.07, 6.45) is 0.216. The minimum atomic E-state index is -0.389. The van der Waals surface area contributed by atoms with Crippen molar-refractivity contribution in [1.82, 2.24) is 0 Å². The van der Waals surface area contributed by atoms with Crippen molar-refractivity contribution in [2.75, 3.05) is 0 Å². The van der Waals surface area contributed by atoms with Gasteiger partial charge in [-0.15, -0.1) is 0 Å². The summed E-state index contributed by atoms with van der Waals surface area (Å²) in [5, 5.41) is 8.08. The Hall–Kier alpha value is -1.33.